The predicted molar refractivity (Wildman–Crippen MR) is 87.1 cm³/mol. The maximum absolute atomic E-state index is 12.2. The number of rotatable bonds is 6. The average molecular weight is 317 g/mol. The van der Waals surface area contributed by atoms with Gasteiger partial charge in [0.15, 0.2) is 0 Å². The van der Waals surface area contributed by atoms with Gasteiger partial charge in [0.1, 0.15) is 0 Å². The van der Waals surface area contributed by atoms with E-state index in [2.05, 4.69) is 11.4 Å². The zero-order chi connectivity index (χ0) is 15.9. The molecule has 2 aromatic rings. The van der Waals surface area contributed by atoms with Crippen molar-refractivity contribution in [1.29, 1.82) is 0 Å². The molecule has 22 heavy (non-hydrogen) atoms. The Balaban J connectivity index is 1.96. The number of esters is 1. The summed E-state index contributed by atoms with van der Waals surface area (Å²) in [5, 5.41) is 4.99. The minimum atomic E-state index is -0.421. The van der Waals surface area contributed by atoms with E-state index in [0.29, 0.717) is 11.1 Å². The number of thiophene rings is 1. The number of hydrogen-bond acceptors (Lipinski definition) is 4. The Labute approximate surface area is 134 Å². The highest BCUT2D eigenvalue weighted by molar-refractivity contribution is 7.09. The van der Waals surface area contributed by atoms with Crippen LogP contribution in [0.25, 0.3) is 0 Å². The summed E-state index contributed by atoms with van der Waals surface area (Å²) < 4.78 is 4.74. The second kappa shape index (κ2) is 7.75. The van der Waals surface area contributed by atoms with Gasteiger partial charge in [-0.2, -0.15) is 0 Å². The van der Waals surface area contributed by atoms with E-state index < -0.39 is 5.97 Å². The number of hydrogen-bond donors (Lipinski definition) is 1. The summed E-state index contributed by atoms with van der Waals surface area (Å²) in [5.41, 5.74) is 1.11. The normalized spacial score (nSPS) is 11.7. The van der Waals surface area contributed by atoms with E-state index in [0.717, 1.165) is 6.42 Å². The minimum Gasteiger partial charge on any atom is -0.465 e. The zero-order valence-electron chi connectivity index (χ0n) is 12.7. The monoisotopic (exact) mass is 317 g/mol. The van der Waals surface area contributed by atoms with Gasteiger partial charge < -0.3 is 10.1 Å². The molecule has 1 heterocycles. The lowest BCUT2D eigenvalue weighted by Gasteiger charge is -2.14. The van der Waals surface area contributed by atoms with Crippen LogP contribution in [0.3, 0.4) is 0 Å². The van der Waals surface area contributed by atoms with Gasteiger partial charge in [-0.15, -0.1) is 11.3 Å². The first-order valence-corrected chi connectivity index (χ1v) is 7.96. The van der Waals surface area contributed by atoms with E-state index in [1.807, 2.05) is 24.4 Å². The number of amides is 1. The second-order valence-corrected chi connectivity index (χ2v) is 6.11. The van der Waals surface area contributed by atoms with Crippen LogP contribution >= 0.6 is 11.3 Å². The highest BCUT2D eigenvalue weighted by Gasteiger charge is 2.15. The molecule has 0 saturated carbocycles. The van der Waals surface area contributed by atoms with Gasteiger partial charge in [-0.25, -0.2) is 4.79 Å². The molecule has 0 fully saturated rings. The molecule has 4 nitrogen and oxygen atoms in total. The first-order chi connectivity index (χ1) is 10.6. The average Bonchev–Trinajstić information content (AvgIpc) is 2.99. The van der Waals surface area contributed by atoms with Crippen LogP contribution in [-0.2, 0) is 22.4 Å². The van der Waals surface area contributed by atoms with Crippen LogP contribution < -0.4 is 5.32 Å². The van der Waals surface area contributed by atoms with Gasteiger partial charge in [0, 0.05) is 17.3 Å². The summed E-state index contributed by atoms with van der Waals surface area (Å²) in [4.78, 5) is 25.1. The third-order valence-corrected chi connectivity index (χ3v) is 4.17. The van der Waals surface area contributed by atoms with Crippen molar-refractivity contribution in [2.24, 2.45) is 0 Å². The van der Waals surface area contributed by atoms with Crippen LogP contribution in [0.5, 0.6) is 0 Å². The van der Waals surface area contributed by atoms with Crippen LogP contribution in [0, 0.1) is 0 Å². The molecule has 0 aliphatic rings. The molecule has 0 spiro atoms. The van der Waals surface area contributed by atoms with Crippen LogP contribution in [0.15, 0.2) is 41.8 Å². The third-order valence-electron chi connectivity index (χ3n) is 3.27. The molecule has 0 unspecified atom stereocenters. The molecule has 0 aliphatic carbocycles. The van der Waals surface area contributed by atoms with Gasteiger partial charge >= 0.3 is 5.97 Å². The van der Waals surface area contributed by atoms with E-state index in [-0.39, 0.29) is 18.4 Å². The molecule has 0 saturated heterocycles. The van der Waals surface area contributed by atoms with E-state index in [9.17, 15) is 9.59 Å². The number of nitrogens with one attached hydrogen (secondary N) is 1. The highest BCUT2D eigenvalue weighted by atomic mass is 32.1. The van der Waals surface area contributed by atoms with Gasteiger partial charge in [0.05, 0.1) is 19.1 Å². The molecule has 1 aromatic carbocycles. The molecule has 0 bridgehead atoms. The summed E-state index contributed by atoms with van der Waals surface area (Å²) in [6.45, 7) is 1.98. The molecule has 1 atom stereocenters. The molecule has 2 rings (SSSR count). The Morgan fingerprint density at radius 3 is 2.68 bits per heavy atom. The Morgan fingerprint density at radius 1 is 1.23 bits per heavy atom. The smallest absolute Gasteiger partial charge is 0.338 e. The second-order valence-electron chi connectivity index (χ2n) is 5.08. The SMILES string of the molecule is COC(=O)c1ccccc1CC(=O)N[C@H](C)Cc1cccs1. The van der Waals surface area contributed by atoms with Crippen molar-refractivity contribution < 1.29 is 14.3 Å². The summed E-state index contributed by atoms with van der Waals surface area (Å²) in [5.74, 6) is -0.518. The van der Waals surface area contributed by atoms with Gasteiger partial charge in [0.2, 0.25) is 5.91 Å². The van der Waals surface area contributed by atoms with Crippen molar-refractivity contribution in [3.05, 3.63) is 57.8 Å². The van der Waals surface area contributed by atoms with Crippen LogP contribution in [0.4, 0.5) is 0 Å². The number of methoxy groups -OCH3 is 1. The van der Waals surface area contributed by atoms with Crippen molar-refractivity contribution in [3.63, 3.8) is 0 Å². The van der Waals surface area contributed by atoms with Crippen molar-refractivity contribution >= 4 is 23.2 Å². The fourth-order valence-corrected chi connectivity index (χ4v) is 3.10. The summed E-state index contributed by atoms with van der Waals surface area (Å²) in [7, 11) is 1.34. The molecular formula is C17H19NO3S. The topological polar surface area (TPSA) is 55.4 Å². The lowest BCUT2D eigenvalue weighted by Crippen LogP contribution is -2.35. The van der Waals surface area contributed by atoms with E-state index in [4.69, 9.17) is 4.74 Å². The number of carbonyl (C=O) groups is 2. The predicted octanol–water partition coefficient (Wildman–Crippen LogP) is 2.82. The molecule has 1 amide bonds. The van der Waals surface area contributed by atoms with E-state index in [1.54, 1.807) is 29.5 Å². The molecule has 5 heteroatoms. The van der Waals surface area contributed by atoms with Crippen molar-refractivity contribution in [2.45, 2.75) is 25.8 Å². The summed E-state index contributed by atoms with van der Waals surface area (Å²) in [6, 6.07) is 11.1. The van der Waals surface area contributed by atoms with Crippen LogP contribution in [0.2, 0.25) is 0 Å². The minimum absolute atomic E-state index is 0.0523. The molecular weight excluding hydrogens is 298 g/mol. The number of ether oxygens (including phenoxy) is 1. The van der Waals surface area contributed by atoms with Gasteiger partial charge in [0.25, 0.3) is 0 Å². The highest BCUT2D eigenvalue weighted by Crippen LogP contribution is 2.13. The Kier molecular flexibility index (Phi) is 5.72. The Bertz CT molecular complexity index is 637. The van der Waals surface area contributed by atoms with Gasteiger partial charge in [-0.1, -0.05) is 24.3 Å². The van der Waals surface area contributed by atoms with Crippen LogP contribution in [0.1, 0.15) is 27.7 Å². The zero-order valence-corrected chi connectivity index (χ0v) is 13.5. The summed E-state index contributed by atoms with van der Waals surface area (Å²) >= 11 is 1.68. The fraction of sp³-hybridized carbons (Fsp3) is 0.294. The van der Waals surface area contributed by atoms with E-state index >= 15 is 0 Å². The standard InChI is InChI=1S/C17H19NO3S/c1-12(10-14-7-5-9-22-14)18-16(19)11-13-6-3-4-8-15(13)17(20)21-2/h3-9,12H,10-11H2,1-2H3,(H,18,19)/t12-/m1/s1. The quantitative estimate of drug-likeness (QED) is 0.834. The fourth-order valence-electron chi connectivity index (χ4n) is 2.26. The number of benzene rings is 1. The third kappa shape index (κ3) is 4.43. The van der Waals surface area contributed by atoms with Crippen molar-refractivity contribution in [1.82, 2.24) is 5.32 Å². The first kappa shape index (κ1) is 16.2. The molecule has 116 valence electrons. The maximum Gasteiger partial charge on any atom is 0.338 e. The van der Waals surface area contributed by atoms with Crippen molar-refractivity contribution in [2.75, 3.05) is 7.11 Å². The van der Waals surface area contributed by atoms with Crippen LogP contribution in [-0.4, -0.2) is 25.0 Å². The first-order valence-electron chi connectivity index (χ1n) is 7.08. The summed E-state index contributed by atoms with van der Waals surface area (Å²) in [6.07, 6.45) is 0.974. The van der Waals surface area contributed by atoms with Gasteiger partial charge in [-0.3, -0.25) is 4.79 Å². The molecule has 0 radical (unpaired) electrons. The van der Waals surface area contributed by atoms with E-state index in [1.165, 1.54) is 12.0 Å². The number of carbonyl (C=O) groups excluding carboxylic acids is 2. The molecule has 0 aliphatic heterocycles. The Morgan fingerprint density at radius 2 is 2.00 bits per heavy atom. The lowest BCUT2D eigenvalue weighted by molar-refractivity contribution is -0.121. The Hall–Kier alpha value is -2.14. The largest absolute Gasteiger partial charge is 0.465 e. The lowest BCUT2D eigenvalue weighted by atomic mass is 10.0. The van der Waals surface area contributed by atoms with Gasteiger partial charge in [-0.05, 0) is 30.0 Å². The molecule has 1 aromatic heterocycles. The maximum atomic E-state index is 12.2. The molecule has 1 N–H and O–H groups in total. The van der Waals surface area contributed by atoms with Crippen molar-refractivity contribution in [3.8, 4) is 0 Å².